The lowest BCUT2D eigenvalue weighted by atomic mass is 10.2. The Labute approximate surface area is 100 Å². The highest BCUT2D eigenvalue weighted by molar-refractivity contribution is 5.38. The van der Waals surface area contributed by atoms with Crippen molar-refractivity contribution in [1.29, 1.82) is 5.26 Å². The van der Waals surface area contributed by atoms with Crippen LogP contribution < -0.4 is 10.5 Å². The van der Waals surface area contributed by atoms with E-state index in [0.29, 0.717) is 17.9 Å². The summed E-state index contributed by atoms with van der Waals surface area (Å²) in [6, 6.07) is 16.7. The fourth-order valence-electron chi connectivity index (χ4n) is 1.47. The molecule has 0 aliphatic heterocycles. The average Bonchev–Trinajstić information content (AvgIpc) is 2.40. The molecule has 0 aliphatic rings. The van der Waals surface area contributed by atoms with Crippen LogP contribution in [-0.4, -0.2) is 0 Å². The second kappa shape index (κ2) is 5.15. The topological polar surface area (TPSA) is 59.0 Å². The van der Waals surface area contributed by atoms with E-state index in [1.807, 2.05) is 24.3 Å². The van der Waals surface area contributed by atoms with Gasteiger partial charge < -0.3 is 10.5 Å². The Kier molecular flexibility index (Phi) is 3.39. The summed E-state index contributed by atoms with van der Waals surface area (Å²) >= 11 is 0. The van der Waals surface area contributed by atoms with Crippen LogP contribution in [0.25, 0.3) is 0 Å². The van der Waals surface area contributed by atoms with Crippen molar-refractivity contribution in [2.75, 3.05) is 0 Å². The fourth-order valence-corrected chi connectivity index (χ4v) is 1.47. The number of nitrogens with zero attached hydrogens (tertiary/aromatic N) is 1. The number of benzene rings is 2. The third-order valence-corrected chi connectivity index (χ3v) is 2.35. The van der Waals surface area contributed by atoms with Crippen molar-refractivity contribution in [1.82, 2.24) is 0 Å². The molecule has 0 heterocycles. The third-order valence-electron chi connectivity index (χ3n) is 2.35. The summed E-state index contributed by atoms with van der Waals surface area (Å²) in [5.41, 5.74) is 7.20. The van der Waals surface area contributed by atoms with Crippen LogP contribution in [0.3, 0.4) is 0 Å². The molecular formula is C14H12N2O. The number of hydrogen-bond acceptors (Lipinski definition) is 3. The molecule has 0 saturated carbocycles. The van der Waals surface area contributed by atoms with Gasteiger partial charge in [-0.1, -0.05) is 12.1 Å². The molecule has 0 amide bonds. The van der Waals surface area contributed by atoms with Crippen molar-refractivity contribution in [2.24, 2.45) is 5.73 Å². The SMILES string of the molecule is N#Cc1ccc(Oc2cccc(CN)c2)cc1. The number of hydrogen-bond donors (Lipinski definition) is 1. The highest BCUT2D eigenvalue weighted by atomic mass is 16.5. The van der Waals surface area contributed by atoms with Crippen LogP contribution >= 0.6 is 0 Å². The monoisotopic (exact) mass is 224 g/mol. The maximum Gasteiger partial charge on any atom is 0.127 e. The molecule has 0 atom stereocenters. The first kappa shape index (κ1) is 11.2. The Morgan fingerprint density at radius 2 is 1.82 bits per heavy atom. The fraction of sp³-hybridized carbons (Fsp3) is 0.0714. The van der Waals surface area contributed by atoms with E-state index in [1.165, 1.54) is 0 Å². The Morgan fingerprint density at radius 3 is 2.47 bits per heavy atom. The molecule has 2 N–H and O–H groups in total. The Balaban J connectivity index is 2.16. The number of nitrogens with two attached hydrogens (primary N) is 1. The van der Waals surface area contributed by atoms with Gasteiger partial charge in [0, 0.05) is 6.54 Å². The normalized spacial score (nSPS) is 9.65. The maximum atomic E-state index is 8.68. The number of rotatable bonds is 3. The van der Waals surface area contributed by atoms with Crippen molar-refractivity contribution in [2.45, 2.75) is 6.54 Å². The van der Waals surface area contributed by atoms with Gasteiger partial charge in [-0.3, -0.25) is 0 Å². The zero-order chi connectivity index (χ0) is 12.1. The number of ether oxygens (including phenoxy) is 1. The Hall–Kier alpha value is -2.31. The van der Waals surface area contributed by atoms with E-state index < -0.39 is 0 Å². The van der Waals surface area contributed by atoms with E-state index in [4.69, 9.17) is 15.7 Å². The van der Waals surface area contributed by atoms with Crippen LogP contribution in [0.4, 0.5) is 0 Å². The predicted molar refractivity (Wildman–Crippen MR) is 65.6 cm³/mol. The van der Waals surface area contributed by atoms with Crippen molar-refractivity contribution in [3.63, 3.8) is 0 Å². The van der Waals surface area contributed by atoms with Gasteiger partial charge in [-0.15, -0.1) is 0 Å². The molecule has 84 valence electrons. The predicted octanol–water partition coefficient (Wildman–Crippen LogP) is 2.81. The first-order chi connectivity index (χ1) is 8.31. The van der Waals surface area contributed by atoms with Gasteiger partial charge >= 0.3 is 0 Å². The van der Waals surface area contributed by atoms with E-state index in [-0.39, 0.29) is 0 Å². The van der Waals surface area contributed by atoms with Crippen LogP contribution in [0.1, 0.15) is 11.1 Å². The van der Waals surface area contributed by atoms with Gasteiger partial charge in [0.15, 0.2) is 0 Å². The van der Waals surface area contributed by atoms with Gasteiger partial charge in [-0.25, -0.2) is 0 Å². The van der Waals surface area contributed by atoms with E-state index in [9.17, 15) is 0 Å². The zero-order valence-electron chi connectivity index (χ0n) is 9.26. The molecule has 0 radical (unpaired) electrons. The summed E-state index contributed by atoms with van der Waals surface area (Å²) in [5, 5.41) is 8.68. The molecule has 0 fully saturated rings. The second-order valence-electron chi connectivity index (χ2n) is 3.59. The zero-order valence-corrected chi connectivity index (χ0v) is 9.26. The molecule has 0 unspecified atom stereocenters. The van der Waals surface area contributed by atoms with Crippen LogP contribution in [0.2, 0.25) is 0 Å². The van der Waals surface area contributed by atoms with E-state index >= 15 is 0 Å². The van der Waals surface area contributed by atoms with Gasteiger partial charge in [0.2, 0.25) is 0 Å². The summed E-state index contributed by atoms with van der Waals surface area (Å²) in [7, 11) is 0. The van der Waals surface area contributed by atoms with Crippen LogP contribution in [0.5, 0.6) is 11.5 Å². The lowest BCUT2D eigenvalue weighted by Crippen LogP contribution is -1.96. The minimum absolute atomic E-state index is 0.491. The molecule has 0 saturated heterocycles. The van der Waals surface area contributed by atoms with Gasteiger partial charge in [0.05, 0.1) is 11.6 Å². The standard InChI is InChI=1S/C14H12N2O/c15-9-11-4-6-13(7-5-11)17-14-3-1-2-12(8-14)10-16/h1-8H,10,16H2. The van der Waals surface area contributed by atoms with Crippen LogP contribution in [0, 0.1) is 11.3 Å². The summed E-state index contributed by atoms with van der Waals surface area (Å²) in [5.74, 6) is 1.45. The highest BCUT2D eigenvalue weighted by Gasteiger charge is 1.98. The molecule has 2 rings (SSSR count). The third kappa shape index (κ3) is 2.83. The lowest BCUT2D eigenvalue weighted by Gasteiger charge is -2.06. The molecule has 0 aliphatic carbocycles. The molecule has 17 heavy (non-hydrogen) atoms. The molecule has 3 nitrogen and oxygen atoms in total. The van der Waals surface area contributed by atoms with Gasteiger partial charge in [0.25, 0.3) is 0 Å². The summed E-state index contributed by atoms with van der Waals surface area (Å²) in [6.07, 6.45) is 0. The van der Waals surface area contributed by atoms with E-state index in [1.54, 1.807) is 24.3 Å². The van der Waals surface area contributed by atoms with E-state index in [2.05, 4.69) is 6.07 Å². The molecule has 3 heteroatoms. The Bertz CT molecular complexity index is 541. The average molecular weight is 224 g/mol. The molecule has 2 aromatic rings. The van der Waals surface area contributed by atoms with Crippen LogP contribution in [-0.2, 0) is 6.54 Å². The summed E-state index contributed by atoms with van der Waals surface area (Å²) < 4.78 is 5.66. The lowest BCUT2D eigenvalue weighted by molar-refractivity contribution is 0.482. The minimum atomic E-state index is 0.491. The molecule has 0 aromatic heterocycles. The second-order valence-corrected chi connectivity index (χ2v) is 3.59. The van der Waals surface area contributed by atoms with Crippen molar-refractivity contribution in [3.8, 4) is 17.6 Å². The molecule has 0 spiro atoms. The first-order valence-corrected chi connectivity index (χ1v) is 5.29. The van der Waals surface area contributed by atoms with Gasteiger partial charge in [-0.05, 0) is 42.0 Å². The number of nitriles is 1. The maximum absolute atomic E-state index is 8.68. The highest BCUT2D eigenvalue weighted by Crippen LogP contribution is 2.22. The smallest absolute Gasteiger partial charge is 0.127 e. The van der Waals surface area contributed by atoms with Crippen molar-refractivity contribution < 1.29 is 4.74 Å². The quantitative estimate of drug-likeness (QED) is 0.872. The van der Waals surface area contributed by atoms with Gasteiger partial charge in [-0.2, -0.15) is 5.26 Å². The molecule has 0 bridgehead atoms. The van der Waals surface area contributed by atoms with Gasteiger partial charge in [0.1, 0.15) is 11.5 Å². The molecule has 2 aromatic carbocycles. The van der Waals surface area contributed by atoms with Crippen LogP contribution in [0.15, 0.2) is 48.5 Å². The minimum Gasteiger partial charge on any atom is -0.457 e. The first-order valence-electron chi connectivity index (χ1n) is 5.29. The summed E-state index contributed by atoms with van der Waals surface area (Å²) in [4.78, 5) is 0. The summed E-state index contributed by atoms with van der Waals surface area (Å²) in [6.45, 7) is 0.491. The molecular weight excluding hydrogens is 212 g/mol. The largest absolute Gasteiger partial charge is 0.457 e. The van der Waals surface area contributed by atoms with Crippen molar-refractivity contribution >= 4 is 0 Å². The Morgan fingerprint density at radius 1 is 1.06 bits per heavy atom. The van der Waals surface area contributed by atoms with E-state index in [0.717, 1.165) is 11.3 Å². The van der Waals surface area contributed by atoms with Crippen molar-refractivity contribution in [3.05, 3.63) is 59.7 Å².